The minimum Gasteiger partial charge on any atom is -0.282 e. The van der Waals surface area contributed by atoms with E-state index in [0.29, 0.717) is 0 Å². The molecule has 0 aliphatic carbocycles. The van der Waals surface area contributed by atoms with E-state index >= 15 is 0 Å². The van der Waals surface area contributed by atoms with Crippen molar-refractivity contribution in [1.82, 2.24) is 5.01 Å². The van der Waals surface area contributed by atoms with Crippen LogP contribution >= 0.6 is 0 Å². The number of rotatable bonds is 1. The minimum atomic E-state index is 0.745. The zero-order chi connectivity index (χ0) is 6.53. The highest BCUT2D eigenvalue weighted by atomic mass is 16.1. The second-order valence-electron chi connectivity index (χ2n) is 1.86. The van der Waals surface area contributed by atoms with Crippen molar-refractivity contribution in [2.45, 2.75) is 6.42 Å². The maximum Gasteiger partial charge on any atom is 0.258 e. The van der Waals surface area contributed by atoms with Crippen molar-refractivity contribution >= 4 is 6.08 Å². The van der Waals surface area contributed by atoms with Crippen LogP contribution < -0.4 is 0 Å². The number of hydrogen-bond acceptors (Lipinski definition) is 3. The van der Waals surface area contributed by atoms with Gasteiger partial charge in [0.2, 0.25) is 0 Å². The zero-order valence-corrected chi connectivity index (χ0v) is 5.08. The lowest BCUT2D eigenvalue weighted by Crippen LogP contribution is -2.20. The molecule has 0 aromatic carbocycles. The number of nitrogens with zero attached hydrogens (tertiary/aromatic N) is 2. The first-order chi connectivity index (χ1) is 4.43. The van der Waals surface area contributed by atoms with E-state index in [-0.39, 0.29) is 0 Å². The molecule has 0 bridgehead atoms. The Balaban J connectivity index is 2.43. The third kappa shape index (κ3) is 1.70. The van der Waals surface area contributed by atoms with Crippen molar-refractivity contribution in [3.8, 4) is 0 Å². The number of isocyanates is 1. The predicted octanol–water partition coefficient (Wildman–Crippen LogP) is 0.499. The topological polar surface area (TPSA) is 32.7 Å². The first kappa shape index (κ1) is 6.05. The average molecular weight is 124 g/mol. The number of hydrogen-bond donors (Lipinski definition) is 0. The molecule has 0 fully saturated rings. The van der Waals surface area contributed by atoms with E-state index < -0.39 is 0 Å². The Kier molecular flexibility index (Phi) is 2.05. The second-order valence-corrected chi connectivity index (χ2v) is 1.86. The van der Waals surface area contributed by atoms with Gasteiger partial charge in [0.1, 0.15) is 0 Å². The second kappa shape index (κ2) is 3.05. The summed E-state index contributed by atoms with van der Waals surface area (Å²) < 4.78 is 0. The van der Waals surface area contributed by atoms with E-state index in [1.165, 1.54) is 6.08 Å². The summed E-state index contributed by atoms with van der Waals surface area (Å²) in [7, 11) is 0. The summed E-state index contributed by atoms with van der Waals surface area (Å²) in [5, 5.41) is 5.15. The van der Waals surface area contributed by atoms with Crippen molar-refractivity contribution in [3.05, 3.63) is 12.2 Å². The van der Waals surface area contributed by atoms with Crippen LogP contribution in [0.1, 0.15) is 6.42 Å². The van der Waals surface area contributed by atoms with Gasteiger partial charge in [0.05, 0.1) is 6.54 Å². The van der Waals surface area contributed by atoms with Gasteiger partial charge in [0, 0.05) is 6.54 Å². The largest absolute Gasteiger partial charge is 0.282 e. The molecule has 9 heavy (non-hydrogen) atoms. The molecule has 0 N–H and O–H groups in total. The summed E-state index contributed by atoms with van der Waals surface area (Å²) in [5.74, 6) is 0. The highest BCUT2D eigenvalue weighted by molar-refractivity contribution is 5.32. The lowest BCUT2D eigenvalue weighted by atomic mass is 10.3. The molecule has 0 atom stereocenters. The van der Waals surface area contributed by atoms with Crippen molar-refractivity contribution in [2.24, 2.45) is 5.10 Å². The van der Waals surface area contributed by atoms with Crippen LogP contribution in [0.2, 0.25) is 0 Å². The zero-order valence-electron chi connectivity index (χ0n) is 5.08. The molecule has 1 aliphatic heterocycles. The van der Waals surface area contributed by atoms with Crippen LogP contribution in [0.25, 0.3) is 0 Å². The monoisotopic (exact) mass is 124 g/mol. The van der Waals surface area contributed by atoms with Crippen LogP contribution in [-0.2, 0) is 4.79 Å². The van der Waals surface area contributed by atoms with Crippen molar-refractivity contribution in [1.29, 1.82) is 0 Å². The lowest BCUT2D eigenvalue weighted by Gasteiger charge is -2.16. The van der Waals surface area contributed by atoms with Gasteiger partial charge in [-0.3, -0.25) is 5.01 Å². The van der Waals surface area contributed by atoms with Gasteiger partial charge in [-0.25, -0.2) is 4.79 Å². The molecule has 0 radical (unpaired) electrons. The van der Waals surface area contributed by atoms with E-state index in [1.807, 2.05) is 6.08 Å². The maximum absolute atomic E-state index is 9.72. The molecule has 3 nitrogen and oxygen atoms in total. The summed E-state index contributed by atoms with van der Waals surface area (Å²) in [6.45, 7) is 1.58. The van der Waals surface area contributed by atoms with E-state index in [0.717, 1.165) is 19.5 Å². The first-order valence-electron chi connectivity index (χ1n) is 2.91. The fourth-order valence-electron chi connectivity index (χ4n) is 0.777. The van der Waals surface area contributed by atoms with E-state index in [1.54, 1.807) is 5.01 Å². The molecule has 0 aromatic heterocycles. The van der Waals surface area contributed by atoms with E-state index in [4.69, 9.17) is 0 Å². The standard InChI is InChI=1S/C6H8N2O/c9-6-7-8-4-2-1-3-5-8/h1-2H,3-5H2. The van der Waals surface area contributed by atoms with Crippen LogP contribution in [0, 0.1) is 0 Å². The fraction of sp³-hybridized carbons (Fsp3) is 0.500. The maximum atomic E-state index is 9.72. The molecule has 0 saturated carbocycles. The molecule has 0 saturated heterocycles. The molecule has 3 heteroatoms. The van der Waals surface area contributed by atoms with Crippen molar-refractivity contribution in [3.63, 3.8) is 0 Å². The Morgan fingerprint density at radius 2 is 2.44 bits per heavy atom. The quantitative estimate of drug-likeness (QED) is 0.289. The van der Waals surface area contributed by atoms with Gasteiger partial charge in [-0.05, 0) is 6.42 Å². The molecular formula is C6H8N2O. The Labute approximate surface area is 53.7 Å². The van der Waals surface area contributed by atoms with Crippen molar-refractivity contribution in [2.75, 3.05) is 13.1 Å². The van der Waals surface area contributed by atoms with Gasteiger partial charge in [0.15, 0.2) is 0 Å². The molecular weight excluding hydrogens is 116 g/mol. The SMILES string of the molecule is O=C=NN1CC=CCC1. The van der Waals surface area contributed by atoms with Crippen LogP contribution in [0.3, 0.4) is 0 Å². The van der Waals surface area contributed by atoms with Gasteiger partial charge >= 0.3 is 0 Å². The molecule has 0 spiro atoms. The molecule has 0 unspecified atom stereocenters. The molecule has 1 heterocycles. The normalized spacial score (nSPS) is 17.1. The molecule has 1 aliphatic rings. The molecule has 0 aromatic rings. The average Bonchev–Trinajstić information content (AvgIpc) is 1.91. The summed E-state index contributed by atoms with van der Waals surface area (Å²) in [6.07, 6.45) is 6.55. The Morgan fingerprint density at radius 1 is 1.56 bits per heavy atom. The molecule has 48 valence electrons. The molecule has 1 rings (SSSR count). The number of hydrazone groups is 1. The van der Waals surface area contributed by atoms with Crippen LogP contribution in [0.4, 0.5) is 0 Å². The van der Waals surface area contributed by atoms with Crippen LogP contribution in [0.5, 0.6) is 0 Å². The van der Waals surface area contributed by atoms with Crippen molar-refractivity contribution < 1.29 is 4.79 Å². The summed E-state index contributed by atoms with van der Waals surface area (Å²) in [5.41, 5.74) is 0. The Bertz CT molecular complexity index is 158. The summed E-state index contributed by atoms with van der Waals surface area (Å²) >= 11 is 0. The third-order valence-electron chi connectivity index (χ3n) is 1.22. The highest BCUT2D eigenvalue weighted by Crippen LogP contribution is 1.99. The predicted molar refractivity (Wildman–Crippen MR) is 33.5 cm³/mol. The van der Waals surface area contributed by atoms with Gasteiger partial charge in [0.25, 0.3) is 6.08 Å². The fourth-order valence-corrected chi connectivity index (χ4v) is 0.777. The van der Waals surface area contributed by atoms with Crippen LogP contribution in [-0.4, -0.2) is 24.2 Å². The summed E-state index contributed by atoms with van der Waals surface area (Å²) in [4.78, 5) is 9.72. The Hall–Kier alpha value is -1.08. The third-order valence-corrected chi connectivity index (χ3v) is 1.22. The first-order valence-corrected chi connectivity index (χ1v) is 2.91. The Morgan fingerprint density at radius 3 is 3.00 bits per heavy atom. The van der Waals surface area contributed by atoms with Gasteiger partial charge in [-0.2, -0.15) is 0 Å². The minimum absolute atomic E-state index is 0.745. The van der Waals surface area contributed by atoms with Gasteiger partial charge < -0.3 is 0 Å². The molecule has 0 amide bonds. The highest BCUT2D eigenvalue weighted by Gasteiger charge is 1.99. The number of carbonyl (C=O) groups excluding carboxylic acids is 1. The van der Waals surface area contributed by atoms with E-state index in [9.17, 15) is 4.79 Å². The smallest absolute Gasteiger partial charge is 0.258 e. The van der Waals surface area contributed by atoms with E-state index in [2.05, 4.69) is 11.2 Å². The lowest BCUT2D eigenvalue weighted by molar-refractivity contribution is 0.313. The van der Waals surface area contributed by atoms with Gasteiger partial charge in [-0.1, -0.05) is 17.3 Å². The van der Waals surface area contributed by atoms with Crippen LogP contribution in [0.15, 0.2) is 17.3 Å². The van der Waals surface area contributed by atoms with Gasteiger partial charge in [-0.15, -0.1) is 0 Å². The summed E-state index contributed by atoms with van der Waals surface area (Å²) in [6, 6.07) is 0.